The average molecular weight is 314 g/mol. The summed E-state index contributed by atoms with van der Waals surface area (Å²) >= 11 is 5.76. The summed E-state index contributed by atoms with van der Waals surface area (Å²) in [6, 6.07) is 3.00. The van der Waals surface area contributed by atoms with Crippen LogP contribution in [0.15, 0.2) is 12.1 Å². The zero-order valence-electron chi connectivity index (χ0n) is 12.1. The lowest BCUT2D eigenvalue weighted by atomic mass is 9.90. The maximum absolute atomic E-state index is 11.1. The molecular formula is C15H20ClNO4. The van der Waals surface area contributed by atoms with Crippen LogP contribution in [-0.4, -0.2) is 18.6 Å². The molecule has 1 aliphatic carbocycles. The first-order valence-electron chi connectivity index (χ1n) is 7.19. The van der Waals surface area contributed by atoms with Gasteiger partial charge in [0.15, 0.2) is 11.5 Å². The van der Waals surface area contributed by atoms with E-state index in [4.69, 9.17) is 21.1 Å². The highest BCUT2D eigenvalue weighted by Crippen LogP contribution is 2.36. The minimum absolute atomic E-state index is 0.0237. The van der Waals surface area contributed by atoms with Crippen molar-refractivity contribution in [1.29, 1.82) is 0 Å². The lowest BCUT2D eigenvalue weighted by Crippen LogP contribution is -2.15. The van der Waals surface area contributed by atoms with Gasteiger partial charge in [0, 0.05) is 5.56 Å². The van der Waals surface area contributed by atoms with Crippen molar-refractivity contribution in [2.24, 2.45) is 5.92 Å². The predicted octanol–water partition coefficient (Wildman–Crippen LogP) is 4.30. The number of hydrogen-bond donors (Lipinski definition) is 0. The van der Waals surface area contributed by atoms with E-state index in [1.54, 1.807) is 6.07 Å². The molecule has 6 heteroatoms. The van der Waals surface area contributed by atoms with Gasteiger partial charge in [-0.05, 0) is 24.8 Å². The van der Waals surface area contributed by atoms with Gasteiger partial charge >= 0.3 is 0 Å². The van der Waals surface area contributed by atoms with Crippen molar-refractivity contribution in [1.82, 2.24) is 0 Å². The molecule has 0 bridgehead atoms. The summed E-state index contributed by atoms with van der Waals surface area (Å²) < 4.78 is 11.0. The summed E-state index contributed by atoms with van der Waals surface area (Å²) in [6.07, 6.45) is 6.07. The third-order valence-electron chi connectivity index (χ3n) is 3.90. The van der Waals surface area contributed by atoms with E-state index >= 15 is 0 Å². The highest BCUT2D eigenvalue weighted by Gasteiger charge is 2.20. The van der Waals surface area contributed by atoms with Gasteiger partial charge in [-0.1, -0.05) is 19.3 Å². The van der Waals surface area contributed by atoms with Crippen LogP contribution in [-0.2, 0) is 5.88 Å². The number of ether oxygens (including phenoxy) is 2. The molecule has 1 fully saturated rings. The lowest BCUT2D eigenvalue weighted by Gasteiger charge is -2.22. The molecule has 0 spiro atoms. The largest absolute Gasteiger partial charge is 0.493 e. The topological polar surface area (TPSA) is 61.6 Å². The number of hydrogen-bond acceptors (Lipinski definition) is 4. The second kappa shape index (κ2) is 7.50. The minimum Gasteiger partial charge on any atom is -0.493 e. The van der Waals surface area contributed by atoms with Gasteiger partial charge in [-0.15, -0.1) is 11.6 Å². The monoisotopic (exact) mass is 313 g/mol. The summed E-state index contributed by atoms with van der Waals surface area (Å²) in [5.41, 5.74) is 0.410. The van der Waals surface area contributed by atoms with Crippen LogP contribution < -0.4 is 9.47 Å². The molecule has 1 aromatic carbocycles. The second-order valence-electron chi connectivity index (χ2n) is 5.34. The van der Waals surface area contributed by atoms with Crippen LogP contribution in [0.4, 0.5) is 5.69 Å². The van der Waals surface area contributed by atoms with Crippen LogP contribution in [0.3, 0.4) is 0 Å². The van der Waals surface area contributed by atoms with Crippen LogP contribution in [0.5, 0.6) is 11.5 Å². The van der Waals surface area contributed by atoms with Crippen LogP contribution in [0.25, 0.3) is 0 Å². The lowest BCUT2D eigenvalue weighted by molar-refractivity contribution is -0.385. The van der Waals surface area contributed by atoms with Crippen LogP contribution >= 0.6 is 11.6 Å². The van der Waals surface area contributed by atoms with Crippen molar-refractivity contribution in [3.05, 3.63) is 27.8 Å². The van der Waals surface area contributed by atoms with E-state index in [9.17, 15) is 10.1 Å². The summed E-state index contributed by atoms with van der Waals surface area (Å²) in [5.74, 6) is 1.50. The molecule has 0 aromatic heterocycles. The van der Waals surface area contributed by atoms with Gasteiger partial charge in [0.05, 0.1) is 30.6 Å². The summed E-state index contributed by atoms with van der Waals surface area (Å²) in [5, 5.41) is 11.1. The molecule has 116 valence electrons. The smallest absolute Gasteiger partial charge is 0.277 e. The van der Waals surface area contributed by atoms with Crippen molar-refractivity contribution < 1.29 is 14.4 Å². The van der Waals surface area contributed by atoms with Gasteiger partial charge in [-0.2, -0.15) is 0 Å². The Labute approximate surface area is 129 Å². The van der Waals surface area contributed by atoms with Crippen molar-refractivity contribution >= 4 is 17.3 Å². The maximum atomic E-state index is 11.1. The first-order chi connectivity index (χ1) is 10.2. The van der Waals surface area contributed by atoms with Crippen molar-refractivity contribution in [2.45, 2.75) is 38.0 Å². The zero-order valence-corrected chi connectivity index (χ0v) is 12.9. The first kappa shape index (κ1) is 15.9. The SMILES string of the molecule is COc1cc(CCl)c([N+](=O)[O-])cc1OCC1CCCCC1. The van der Waals surface area contributed by atoms with Gasteiger partial charge in [0.2, 0.25) is 0 Å². The molecule has 0 N–H and O–H groups in total. The Bertz CT molecular complexity index is 501. The third-order valence-corrected chi connectivity index (χ3v) is 4.19. The Balaban J connectivity index is 2.16. The van der Waals surface area contributed by atoms with Gasteiger partial charge in [0.25, 0.3) is 5.69 Å². The Morgan fingerprint density at radius 2 is 2.00 bits per heavy atom. The van der Waals surface area contributed by atoms with E-state index in [-0.39, 0.29) is 11.6 Å². The normalized spacial score (nSPS) is 15.7. The quantitative estimate of drug-likeness (QED) is 0.446. The molecule has 0 heterocycles. The highest BCUT2D eigenvalue weighted by molar-refractivity contribution is 6.17. The van der Waals surface area contributed by atoms with Crippen molar-refractivity contribution in [3.63, 3.8) is 0 Å². The Hall–Kier alpha value is -1.49. The van der Waals surface area contributed by atoms with E-state index in [2.05, 4.69) is 0 Å². The summed E-state index contributed by atoms with van der Waals surface area (Å²) in [6.45, 7) is 0.577. The number of nitrogens with zero attached hydrogens (tertiary/aromatic N) is 1. The highest BCUT2D eigenvalue weighted by atomic mass is 35.5. The molecule has 21 heavy (non-hydrogen) atoms. The molecule has 5 nitrogen and oxygen atoms in total. The Morgan fingerprint density at radius 1 is 1.29 bits per heavy atom. The number of nitro benzene ring substituents is 1. The molecule has 0 amide bonds. The number of rotatable bonds is 6. The number of methoxy groups -OCH3 is 1. The molecule has 0 radical (unpaired) electrons. The molecule has 1 aliphatic rings. The first-order valence-corrected chi connectivity index (χ1v) is 7.73. The minimum atomic E-state index is -0.440. The van der Waals surface area contributed by atoms with E-state index < -0.39 is 4.92 Å². The number of nitro groups is 1. The molecule has 2 rings (SSSR count). The third kappa shape index (κ3) is 4.00. The Morgan fingerprint density at radius 3 is 2.57 bits per heavy atom. The standard InChI is InChI=1S/C15H20ClNO4/c1-20-14-7-12(9-16)13(17(18)19)8-15(14)21-10-11-5-3-2-4-6-11/h7-8,11H,2-6,9-10H2,1H3. The van der Waals surface area contributed by atoms with E-state index in [1.807, 2.05) is 0 Å². The van der Waals surface area contributed by atoms with Gasteiger partial charge in [-0.25, -0.2) is 0 Å². The van der Waals surface area contributed by atoms with Gasteiger partial charge in [0.1, 0.15) is 0 Å². The van der Waals surface area contributed by atoms with E-state index in [1.165, 1.54) is 32.4 Å². The molecule has 0 aliphatic heterocycles. The number of benzene rings is 1. The van der Waals surface area contributed by atoms with E-state index in [0.29, 0.717) is 29.6 Å². The van der Waals surface area contributed by atoms with E-state index in [0.717, 1.165) is 12.8 Å². The predicted molar refractivity (Wildman–Crippen MR) is 81.3 cm³/mol. The summed E-state index contributed by atoms with van der Waals surface area (Å²) in [4.78, 5) is 10.6. The average Bonchev–Trinajstić information content (AvgIpc) is 2.52. The fourth-order valence-electron chi connectivity index (χ4n) is 2.70. The molecule has 0 saturated heterocycles. The number of alkyl halides is 1. The van der Waals surface area contributed by atoms with Crippen molar-refractivity contribution in [3.8, 4) is 11.5 Å². The zero-order chi connectivity index (χ0) is 15.2. The van der Waals surface area contributed by atoms with Crippen LogP contribution in [0, 0.1) is 16.0 Å². The van der Waals surface area contributed by atoms with Crippen LogP contribution in [0.1, 0.15) is 37.7 Å². The fourth-order valence-corrected chi connectivity index (χ4v) is 2.92. The molecule has 1 aromatic rings. The molecule has 1 saturated carbocycles. The van der Waals surface area contributed by atoms with Crippen LogP contribution in [0.2, 0.25) is 0 Å². The molecule has 0 unspecified atom stereocenters. The Kier molecular flexibility index (Phi) is 5.67. The molecular weight excluding hydrogens is 294 g/mol. The molecule has 0 atom stereocenters. The van der Waals surface area contributed by atoms with Gasteiger partial charge in [-0.3, -0.25) is 10.1 Å². The van der Waals surface area contributed by atoms with Crippen molar-refractivity contribution in [2.75, 3.05) is 13.7 Å². The summed E-state index contributed by atoms with van der Waals surface area (Å²) in [7, 11) is 1.52. The fraction of sp³-hybridized carbons (Fsp3) is 0.600. The van der Waals surface area contributed by atoms with Gasteiger partial charge < -0.3 is 9.47 Å². The number of halogens is 1. The maximum Gasteiger partial charge on any atom is 0.277 e. The second-order valence-corrected chi connectivity index (χ2v) is 5.60.